The van der Waals surface area contributed by atoms with E-state index in [0.717, 1.165) is 11.1 Å². The zero-order valence-electron chi connectivity index (χ0n) is 16.8. The van der Waals surface area contributed by atoms with Gasteiger partial charge in [-0.25, -0.2) is 4.98 Å². The van der Waals surface area contributed by atoms with E-state index in [4.69, 9.17) is 0 Å². The van der Waals surface area contributed by atoms with Crippen LogP contribution in [0.5, 0.6) is 5.88 Å². The Bertz CT molecular complexity index is 1200. The van der Waals surface area contributed by atoms with E-state index in [1.807, 2.05) is 31.2 Å². The van der Waals surface area contributed by atoms with Gasteiger partial charge in [0.05, 0.1) is 10.6 Å². The van der Waals surface area contributed by atoms with Crippen LogP contribution in [0.2, 0.25) is 0 Å². The van der Waals surface area contributed by atoms with Crippen LogP contribution < -0.4 is 10.6 Å². The average Bonchev–Trinajstić information content (AvgIpc) is 3.17. The Balaban J connectivity index is 1.38. The molecule has 2 heterocycles. The van der Waals surface area contributed by atoms with Gasteiger partial charge in [0.15, 0.2) is 0 Å². The molecule has 0 atom stereocenters. The van der Waals surface area contributed by atoms with E-state index in [9.17, 15) is 15.2 Å². The van der Waals surface area contributed by atoms with E-state index in [0.29, 0.717) is 37.1 Å². The maximum absolute atomic E-state index is 10.7. The molecule has 0 fully saturated rings. The Hall–Kier alpha value is -4.05. The van der Waals surface area contributed by atoms with Crippen molar-refractivity contribution in [2.24, 2.45) is 0 Å². The standard InChI is InChI=1S/C21H21N7O3/c1-14-2-4-16(5-3-14)12-23-20-25-21-24-17(10-19(29)27(21)26-20)13-22-11-15-6-8-18(9-7-15)28(30)31/h2-10,22,29H,11-13H2,1H3,(H,23,26). The van der Waals surface area contributed by atoms with E-state index in [1.54, 1.807) is 12.1 Å². The molecule has 2 aromatic heterocycles. The highest BCUT2D eigenvalue weighted by molar-refractivity contribution is 5.41. The van der Waals surface area contributed by atoms with Crippen molar-refractivity contribution in [1.82, 2.24) is 24.9 Å². The Morgan fingerprint density at radius 1 is 1.00 bits per heavy atom. The number of nitrogens with zero attached hydrogens (tertiary/aromatic N) is 5. The van der Waals surface area contributed by atoms with Crippen LogP contribution in [0.15, 0.2) is 54.6 Å². The van der Waals surface area contributed by atoms with Crippen molar-refractivity contribution in [3.63, 3.8) is 0 Å². The fourth-order valence-electron chi connectivity index (χ4n) is 3.02. The molecular weight excluding hydrogens is 398 g/mol. The average molecular weight is 419 g/mol. The maximum Gasteiger partial charge on any atom is 0.269 e. The van der Waals surface area contributed by atoms with Gasteiger partial charge in [0.1, 0.15) is 0 Å². The predicted octanol–water partition coefficient (Wildman–Crippen LogP) is 2.95. The van der Waals surface area contributed by atoms with Crippen molar-refractivity contribution in [2.75, 3.05) is 5.32 Å². The monoisotopic (exact) mass is 419 g/mol. The summed E-state index contributed by atoms with van der Waals surface area (Å²) in [6.07, 6.45) is 0. The van der Waals surface area contributed by atoms with E-state index in [1.165, 1.54) is 28.3 Å². The van der Waals surface area contributed by atoms with Crippen LogP contribution in [0.3, 0.4) is 0 Å². The number of rotatable bonds is 8. The number of aromatic nitrogens is 4. The summed E-state index contributed by atoms with van der Waals surface area (Å²) in [5.74, 6) is 0.603. The van der Waals surface area contributed by atoms with Crippen LogP contribution in [0.1, 0.15) is 22.4 Å². The molecule has 3 N–H and O–H groups in total. The number of nitrogens with one attached hydrogen (secondary N) is 2. The van der Waals surface area contributed by atoms with Crippen molar-refractivity contribution < 1.29 is 10.0 Å². The SMILES string of the molecule is Cc1ccc(CNc2nc3nc(CNCc4ccc([N+](=O)[O-])cc4)cc(O)n3n2)cc1. The molecule has 10 heteroatoms. The van der Waals surface area contributed by atoms with E-state index in [2.05, 4.69) is 25.7 Å². The Kier molecular flexibility index (Phi) is 5.72. The molecule has 0 aliphatic rings. The van der Waals surface area contributed by atoms with Gasteiger partial charge in [-0.05, 0) is 18.1 Å². The highest BCUT2D eigenvalue weighted by Gasteiger charge is 2.11. The smallest absolute Gasteiger partial charge is 0.269 e. The lowest BCUT2D eigenvalue weighted by Crippen LogP contribution is -2.14. The molecule has 0 aliphatic carbocycles. The molecule has 2 aromatic carbocycles. The molecule has 0 radical (unpaired) electrons. The first-order chi connectivity index (χ1) is 15.0. The highest BCUT2D eigenvalue weighted by atomic mass is 16.6. The second-order valence-corrected chi connectivity index (χ2v) is 7.12. The van der Waals surface area contributed by atoms with Gasteiger partial charge in [-0.15, -0.1) is 5.10 Å². The van der Waals surface area contributed by atoms with Gasteiger partial charge in [0.2, 0.25) is 11.8 Å². The first-order valence-corrected chi connectivity index (χ1v) is 9.67. The lowest BCUT2D eigenvalue weighted by Gasteiger charge is -2.05. The van der Waals surface area contributed by atoms with Crippen LogP contribution in [0, 0.1) is 17.0 Å². The molecule has 0 spiro atoms. The molecule has 0 bridgehead atoms. The third-order valence-electron chi connectivity index (χ3n) is 4.70. The fourth-order valence-corrected chi connectivity index (χ4v) is 3.02. The summed E-state index contributed by atoms with van der Waals surface area (Å²) in [6, 6.07) is 16.0. The molecule has 4 aromatic rings. The minimum absolute atomic E-state index is 0.0550. The zero-order chi connectivity index (χ0) is 21.8. The quantitative estimate of drug-likeness (QED) is 0.293. The van der Waals surface area contributed by atoms with Crippen molar-refractivity contribution >= 4 is 17.4 Å². The molecule has 31 heavy (non-hydrogen) atoms. The molecule has 0 saturated carbocycles. The predicted molar refractivity (Wildman–Crippen MR) is 115 cm³/mol. The molecule has 0 amide bonds. The van der Waals surface area contributed by atoms with E-state index in [-0.39, 0.29) is 11.6 Å². The third kappa shape index (κ3) is 4.93. The van der Waals surface area contributed by atoms with Crippen LogP contribution in [-0.4, -0.2) is 29.6 Å². The summed E-state index contributed by atoms with van der Waals surface area (Å²) in [5.41, 5.74) is 3.85. The van der Waals surface area contributed by atoms with Crippen LogP contribution in [-0.2, 0) is 19.6 Å². The maximum atomic E-state index is 10.7. The van der Waals surface area contributed by atoms with E-state index < -0.39 is 4.92 Å². The highest BCUT2D eigenvalue weighted by Crippen LogP contribution is 2.16. The van der Waals surface area contributed by atoms with Gasteiger partial charge in [-0.3, -0.25) is 10.1 Å². The Labute approximate surface area is 177 Å². The largest absolute Gasteiger partial charge is 0.493 e. The summed E-state index contributed by atoms with van der Waals surface area (Å²) in [7, 11) is 0. The summed E-state index contributed by atoms with van der Waals surface area (Å²) in [6.45, 7) is 3.48. The van der Waals surface area contributed by atoms with Crippen molar-refractivity contribution in [3.8, 4) is 5.88 Å². The summed E-state index contributed by atoms with van der Waals surface area (Å²) >= 11 is 0. The normalized spacial score (nSPS) is 11.0. The molecule has 158 valence electrons. The molecular formula is C21H21N7O3. The van der Waals surface area contributed by atoms with Gasteiger partial charge in [-0.1, -0.05) is 42.0 Å². The number of anilines is 1. The summed E-state index contributed by atoms with van der Waals surface area (Å²) in [4.78, 5) is 19.1. The van der Waals surface area contributed by atoms with Gasteiger partial charge >= 0.3 is 0 Å². The van der Waals surface area contributed by atoms with Crippen LogP contribution in [0.4, 0.5) is 11.6 Å². The van der Waals surface area contributed by atoms with E-state index >= 15 is 0 Å². The first kappa shape index (κ1) is 20.2. The lowest BCUT2D eigenvalue weighted by molar-refractivity contribution is -0.384. The molecule has 0 saturated heterocycles. The lowest BCUT2D eigenvalue weighted by atomic mass is 10.1. The minimum atomic E-state index is -0.429. The number of hydrogen-bond donors (Lipinski definition) is 3. The minimum Gasteiger partial charge on any atom is -0.493 e. The number of fused-ring (bicyclic) bond motifs is 1. The second kappa shape index (κ2) is 8.76. The zero-order valence-corrected chi connectivity index (χ0v) is 16.8. The van der Waals surface area contributed by atoms with Crippen LogP contribution >= 0.6 is 0 Å². The van der Waals surface area contributed by atoms with Gasteiger partial charge in [0.25, 0.3) is 11.5 Å². The van der Waals surface area contributed by atoms with Crippen LogP contribution in [0.25, 0.3) is 5.78 Å². The summed E-state index contributed by atoms with van der Waals surface area (Å²) < 4.78 is 1.28. The summed E-state index contributed by atoms with van der Waals surface area (Å²) in [5, 5.41) is 31.6. The van der Waals surface area contributed by atoms with Gasteiger partial charge in [-0.2, -0.15) is 9.50 Å². The Morgan fingerprint density at radius 3 is 2.39 bits per heavy atom. The number of hydrogen-bond acceptors (Lipinski definition) is 8. The number of aromatic hydroxyl groups is 1. The third-order valence-corrected chi connectivity index (χ3v) is 4.70. The molecule has 0 unspecified atom stereocenters. The Morgan fingerprint density at radius 2 is 1.68 bits per heavy atom. The number of benzene rings is 2. The first-order valence-electron chi connectivity index (χ1n) is 9.67. The topological polar surface area (TPSA) is 131 Å². The molecule has 10 nitrogen and oxygen atoms in total. The second-order valence-electron chi connectivity index (χ2n) is 7.12. The van der Waals surface area contributed by atoms with Crippen molar-refractivity contribution in [1.29, 1.82) is 0 Å². The molecule has 4 rings (SSSR count). The molecule has 0 aliphatic heterocycles. The number of non-ortho nitro benzene ring substituents is 1. The van der Waals surface area contributed by atoms with Gasteiger partial charge in [0, 0.05) is 37.8 Å². The number of aryl methyl sites for hydroxylation is 1. The van der Waals surface area contributed by atoms with Crippen molar-refractivity contribution in [2.45, 2.75) is 26.6 Å². The number of nitro benzene ring substituents is 1. The fraction of sp³-hybridized carbons (Fsp3) is 0.190. The number of nitro groups is 1. The van der Waals surface area contributed by atoms with Crippen molar-refractivity contribution in [3.05, 3.63) is 87.1 Å². The van der Waals surface area contributed by atoms with Gasteiger partial charge < -0.3 is 15.7 Å².